The lowest BCUT2D eigenvalue weighted by Gasteiger charge is -2.35. The Morgan fingerprint density at radius 2 is 1.97 bits per heavy atom. The van der Waals surface area contributed by atoms with Crippen LogP contribution in [0.15, 0.2) is 12.5 Å². The number of fused-ring (bicyclic) bond motifs is 4. The number of aryl methyl sites for hydroxylation is 2. The summed E-state index contributed by atoms with van der Waals surface area (Å²) in [5.41, 5.74) is 8.74. The van der Waals surface area contributed by atoms with Crippen LogP contribution in [-0.4, -0.2) is 64.7 Å². The largest absolute Gasteiger partial charge is 0.346 e. The van der Waals surface area contributed by atoms with Gasteiger partial charge >= 0.3 is 0 Å². The van der Waals surface area contributed by atoms with Gasteiger partial charge in [-0.05, 0) is 95.4 Å². The summed E-state index contributed by atoms with van der Waals surface area (Å²) in [6, 6.07) is 1.14. The van der Waals surface area contributed by atoms with E-state index in [1.165, 1.54) is 63.1 Å². The van der Waals surface area contributed by atoms with Crippen LogP contribution in [0.3, 0.4) is 0 Å². The maximum Gasteiger partial charge on any atom is 0.158 e. The van der Waals surface area contributed by atoms with Crippen molar-refractivity contribution in [1.29, 1.82) is 0 Å². The normalized spacial score (nSPS) is 30.1. The number of H-pyrrole nitrogens is 1. The first-order valence-corrected chi connectivity index (χ1v) is 16.5. The highest BCUT2D eigenvalue weighted by Gasteiger charge is 2.49. The van der Waals surface area contributed by atoms with Crippen LogP contribution < -0.4 is 0 Å². The molecule has 7 rings (SSSR count). The first-order chi connectivity index (χ1) is 17.6. The molecule has 0 spiro atoms. The quantitative estimate of drug-likeness (QED) is 0.343. The van der Waals surface area contributed by atoms with Crippen molar-refractivity contribution in [2.24, 2.45) is 5.92 Å². The van der Waals surface area contributed by atoms with Crippen LogP contribution in [-0.2, 0) is 9.52 Å². The predicted octanol–water partition coefficient (Wildman–Crippen LogP) is 5.65. The van der Waals surface area contributed by atoms with E-state index in [2.05, 4.69) is 66.7 Å². The first-order valence-electron chi connectivity index (χ1n) is 13.7. The molecule has 1 N–H and O–H groups in total. The van der Waals surface area contributed by atoms with Gasteiger partial charge in [-0.25, -0.2) is 9.50 Å². The number of hydrogen-bond acceptors (Lipinski definition) is 5. The maximum absolute atomic E-state index is 12.5. The van der Waals surface area contributed by atoms with E-state index >= 15 is 0 Å². The van der Waals surface area contributed by atoms with E-state index in [1.807, 2.05) is 15.9 Å². The number of nitrogens with one attached hydrogen (secondary N) is 1. The van der Waals surface area contributed by atoms with Crippen LogP contribution in [0.25, 0.3) is 27.1 Å². The van der Waals surface area contributed by atoms with Crippen LogP contribution in [0.1, 0.15) is 72.1 Å². The van der Waals surface area contributed by atoms with E-state index < -0.39 is 9.52 Å². The summed E-state index contributed by atoms with van der Waals surface area (Å²) in [5.74, 6) is 7.41. The topological polar surface area (TPSA) is 66.3 Å². The molecule has 1 saturated carbocycles. The molecule has 37 heavy (non-hydrogen) atoms. The number of nitrogens with zero attached hydrogens (tertiary/aromatic N) is 4. The molecule has 0 radical (unpaired) electrons. The Bertz CT molecular complexity index is 1660. The van der Waals surface area contributed by atoms with Crippen LogP contribution in [0.4, 0.5) is 0 Å². The summed E-state index contributed by atoms with van der Waals surface area (Å²) >= 11 is 1.99. The molecule has 196 valence electrons. The number of piperidine rings is 1. The second kappa shape index (κ2) is 8.17. The van der Waals surface area contributed by atoms with Crippen molar-refractivity contribution in [3.8, 4) is 11.3 Å². The Morgan fingerprint density at radius 1 is 1.16 bits per heavy atom. The van der Waals surface area contributed by atoms with Gasteiger partial charge in [-0.3, -0.25) is 9.11 Å². The summed E-state index contributed by atoms with van der Waals surface area (Å²) in [7, 11) is -1.84. The molecule has 8 heteroatoms. The summed E-state index contributed by atoms with van der Waals surface area (Å²) in [5, 5.41) is 5.88. The lowest BCUT2D eigenvalue weighted by Crippen LogP contribution is -2.43. The molecule has 2 saturated heterocycles. The van der Waals surface area contributed by atoms with E-state index in [-0.39, 0.29) is 0 Å². The van der Waals surface area contributed by atoms with Crippen molar-refractivity contribution < 1.29 is 4.21 Å². The highest BCUT2D eigenvalue weighted by molar-refractivity contribution is 8.00. The van der Waals surface area contributed by atoms with Gasteiger partial charge in [0.25, 0.3) is 0 Å². The zero-order valence-corrected chi connectivity index (χ0v) is 24.1. The molecule has 6 nitrogen and oxygen atoms in total. The third kappa shape index (κ3) is 3.51. The van der Waals surface area contributed by atoms with Gasteiger partial charge in [0.2, 0.25) is 0 Å². The molecule has 2 aliphatic heterocycles. The van der Waals surface area contributed by atoms with Gasteiger partial charge in [0.15, 0.2) is 5.65 Å². The molecule has 1 aliphatic carbocycles. The molecule has 0 aromatic carbocycles. The predicted molar refractivity (Wildman–Crippen MR) is 156 cm³/mol. The van der Waals surface area contributed by atoms with Crippen molar-refractivity contribution in [2.45, 2.75) is 77.8 Å². The van der Waals surface area contributed by atoms with Crippen molar-refractivity contribution in [2.75, 3.05) is 18.1 Å². The van der Waals surface area contributed by atoms with Gasteiger partial charge in [0, 0.05) is 52.2 Å². The van der Waals surface area contributed by atoms with Crippen LogP contribution >= 0.6 is 11.3 Å². The Hall–Kier alpha value is -2.16. The molecular weight excluding hydrogens is 498 g/mol. The average molecular weight is 536 g/mol. The zero-order chi connectivity index (χ0) is 25.8. The fourth-order valence-corrected chi connectivity index (χ4v) is 11.1. The SMILES string of the molecule is C=S1(=O)CCC(N2C[C@@H]3CC2C[C@H]3c2sc3[nH]c(-c4cn5ncnc5c(C)c4C)c(C(C)C)c3c2C)C1. The number of thiophene rings is 1. The van der Waals surface area contributed by atoms with Crippen molar-refractivity contribution in [1.82, 2.24) is 24.5 Å². The van der Waals surface area contributed by atoms with E-state index in [0.717, 1.165) is 29.5 Å². The van der Waals surface area contributed by atoms with E-state index in [4.69, 9.17) is 0 Å². The first kappa shape index (κ1) is 23.9. The minimum absolute atomic E-state index is 0.409. The minimum atomic E-state index is -1.84. The molecule has 4 aromatic rings. The Kier molecular flexibility index (Phi) is 5.28. The zero-order valence-electron chi connectivity index (χ0n) is 22.5. The third-order valence-electron chi connectivity index (χ3n) is 9.64. The molecule has 6 heterocycles. The number of hydrogen-bond donors (Lipinski definition) is 1. The number of likely N-dealkylation sites (tertiary alicyclic amines) is 1. The summed E-state index contributed by atoms with van der Waals surface area (Å²) in [6.07, 6.45) is 7.38. The van der Waals surface area contributed by atoms with Crippen LogP contribution in [0, 0.1) is 26.7 Å². The standard InChI is InChI=1S/C29H37N5OS2/c1-15(2)24-25-18(5)27(22-10-21-9-19(22)11-33(21)20-7-8-37(6,35)13-20)36-29(25)32-26(24)23-12-34-28(30-14-31-34)17(4)16(23)3/h12,14-15,19-22,32H,6-11,13H2,1-5H3/t19-,20?,21?,22+,37?/m0/s1. The molecule has 3 aliphatic rings. The molecule has 2 bridgehead atoms. The summed E-state index contributed by atoms with van der Waals surface area (Å²) < 4.78 is 14.4. The Morgan fingerprint density at radius 3 is 2.65 bits per heavy atom. The van der Waals surface area contributed by atoms with Crippen LogP contribution in [0.2, 0.25) is 0 Å². The summed E-state index contributed by atoms with van der Waals surface area (Å²) in [6.45, 7) is 12.5. The van der Waals surface area contributed by atoms with Gasteiger partial charge in [0.05, 0.1) is 5.69 Å². The minimum Gasteiger partial charge on any atom is -0.346 e. The third-order valence-corrected chi connectivity index (χ3v) is 13.0. The molecule has 4 aromatic heterocycles. The smallest absolute Gasteiger partial charge is 0.158 e. The van der Waals surface area contributed by atoms with Crippen molar-refractivity contribution >= 4 is 42.6 Å². The molecule has 3 fully saturated rings. The molecular formula is C29H37N5OS2. The molecule has 3 unspecified atom stereocenters. The number of aromatic amines is 1. The fourth-order valence-electron chi connectivity index (χ4n) is 7.73. The lowest BCUT2D eigenvalue weighted by atomic mass is 9.88. The monoisotopic (exact) mass is 535 g/mol. The van der Waals surface area contributed by atoms with Crippen LogP contribution in [0.5, 0.6) is 0 Å². The second-order valence-corrected chi connectivity index (χ2v) is 15.9. The number of rotatable bonds is 4. The van der Waals surface area contributed by atoms with Crippen molar-refractivity contribution in [3.05, 3.63) is 39.7 Å². The fraction of sp³-hybridized carbons (Fsp3) is 0.552. The average Bonchev–Trinajstić information content (AvgIpc) is 3.66. The number of aromatic nitrogens is 4. The van der Waals surface area contributed by atoms with Gasteiger partial charge in [-0.15, -0.1) is 11.3 Å². The highest BCUT2D eigenvalue weighted by Crippen LogP contribution is 2.53. The lowest BCUT2D eigenvalue weighted by molar-refractivity contribution is 0.153. The highest BCUT2D eigenvalue weighted by atomic mass is 32.2. The molecule has 5 atom stereocenters. The van der Waals surface area contributed by atoms with Gasteiger partial charge < -0.3 is 4.98 Å². The van der Waals surface area contributed by atoms with E-state index in [9.17, 15) is 4.21 Å². The molecule has 0 amide bonds. The van der Waals surface area contributed by atoms with Gasteiger partial charge in [0.1, 0.15) is 11.2 Å². The Labute approximate surface area is 223 Å². The summed E-state index contributed by atoms with van der Waals surface area (Å²) in [4.78, 5) is 13.9. The maximum atomic E-state index is 12.5. The number of pyridine rings is 1. The van der Waals surface area contributed by atoms with Crippen molar-refractivity contribution in [3.63, 3.8) is 0 Å². The van der Waals surface area contributed by atoms with E-state index in [1.54, 1.807) is 11.2 Å². The Balaban J connectivity index is 1.25. The van der Waals surface area contributed by atoms with E-state index in [0.29, 0.717) is 23.9 Å². The van der Waals surface area contributed by atoms with Gasteiger partial charge in [-0.2, -0.15) is 5.10 Å². The second-order valence-electron chi connectivity index (χ2n) is 12.2. The van der Waals surface area contributed by atoms with Gasteiger partial charge in [-0.1, -0.05) is 13.8 Å².